The predicted molar refractivity (Wildman–Crippen MR) is 67.9 cm³/mol. The van der Waals surface area contributed by atoms with E-state index >= 15 is 0 Å². The second kappa shape index (κ2) is 4.66. The molecule has 2 aromatic heterocycles. The van der Waals surface area contributed by atoms with E-state index < -0.39 is 24.5 Å². The van der Waals surface area contributed by atoms with Gasteiger partial charge in [-0.25, -0.2) is 4.98 Å². The number of H-pyrrole nitrogens is 1. The Hall–Kier alpha value is -1.32. The Labute approximate surface area is 113 Å². The number of hydrogen-bond donors (Lipinski definition) is 4. The van der Waals surface area contributed by atoms with Crippen molar-refractivity contribution in [1.82, 2.24) is 14.5 Å². The summed E-state index contributed by atoms with van der Waals surface area (Å²) in [6.45, 7) is -0.356. The Kier molecular flexibility index (Phi) is 3.11. The molecule has 3 heterocycles. The van der Waals surface area contributed by atoms with Crippen LogP contribution in [0.3, 0.4) is 0 Å². The monoisotopic (exact) mass is 283 g/mol. The van der Waals surface area contributed by atoms with Crippen LogP contribution >= 0.6 is 12.2 Å². The molecule has 2 aromatic rings. The number of ether oxygens (including phenoxy) is 1. The average molecular weight is 283 g/mol. The van der Waals surface area contributed by atoms with Gasteiger partial charge in [-0.3, -0.25) is 0 Å². The molecule has 0 unspecified atom stereocenters. The first-order valence-electron chi connectivity index (χ1n) is 5.80. The zero-order valence-corrected chi connectivity index (χ0v) is 10.6. The molecule has 0 aliphatic carbocycles. The van der Waals surface area contributed by atoms with Crippen LogP contribution in [-0.2, 0) is 4.74 Å². The quantitative estimate of drug-likeness (QED) is 0.565. The van der Waals surface area contributed by atoms with Gasteiger partial charge in [0, 0.05) is 6.20 Å². The standard InChI is InChI=1S/C11H13N3O4S/c15-3-6-7(16)8(17)11(18-6)14-2-1-5-9(14)12-4-13-10(5)19/h1-2,4,6-8,11,15-17H,3H2,(H,12,13,19)/t6-,7+,8-,11+/m0/s1. The lowest BCUT2D eigenvalue weighted by Crippen LogP contribution is -2.33. The molecule has 1 fully saturated rings. The first-order chi connectivity index (χ1) is 9.13. The Morgan fingerprint density at radius 2 is 2.21 bits per heavy atom. The van der Waals surface area contributed by atoms with E-state index in [0.29, 0.717) is 10.3 Å². The van der Waals surface area contributed by atoms with Gasteiger partial charge in [0.2, 0.25) is 0 Å². The summed E-state index contributed by atoms with van der Waals surface area (Å²) in [5.74, 6) is 0. The van der Waals surface area contributed by atoms with Gasteiger partial charge in [-0.05, 0) is 6.07 Å². The molecule has 19 heavy (non-hydrogen) atoms. The maximum Gasteiger partial charge on any atom is 0.164 e. The molecule has 8 heteroatoms. The molecule has 0 spiro atoms. The molecule has 3 rings (SSSR count). The summed E-state index contributed by atoms with van der Waals surface area (Å²) in [7, 11) is 0. The third kappa shape index (κ3) is 1.88. The minimum Gasteiger partial charge on any atom is -0.394 e. The van der Waals surface area contributed by atoms with Crippen molar-refractivity contribution in [2.75, 3.05) is 6.61 Å². The summed E-state index contributed by atoms with van der Waals surface area (Å²) >= 11 is 5.10. The van der Waals surface area contributed by atoms with Gasteiger partial charge in [-0.2, -0.15) is 0 Å². The molecule has 1 aliphatic heterocycles. The number of aliphatic hydroxyl groups is 3. The topological polar surface area (TPSA) is 104 Å². The van der Waals surface area contributed by atoms with Gasteiger partial charge in [0.25, 0.3) is 0 Å². The summed E-state index contributed by atoms with van der Waals surface area (Å²) in [5, 5.41) is 29.6. The number of nitrogens with one attached hydrogen (secondary N) is 1. The van der Waals surface area contributed by atoms with Crippen molar-refractivity contribution in [2.24, 2.45) is 0 Å². The van der Waals surface area contributed by atoms with Crippen LogP contribution in [0, 0.1) is 4.64 Å². The van der Waals surface area contributed by atoms with Crippen LogP contribution in [-0.4, -0.2) is 54.8 Å². The number of aliphatic hydroxyl groups excluding tert-OH is 3. The molecule has 1 aliphatic rings. The molecular weight excluding hydrogens is 270 g/mol. The maximum atomic E-state index is 10.00. The van der Waals surface area contributed by atoms with Crippen molar-refractivity contribution in [2.45, 2.75) is 24.5 Å². The van der Waals surface area contributed by atoms with Crippen molar-refractivity contribution in [1.29, 1.82) is 0 Å². The summed E-state index contributed by atoms with van der Waals surface area (Å²) in [5.41, 5.74) is 0.648. The third-order valence-corrected chi connectivity index (χ3v) is 3.65. The van der Waals surface area contributed by atoms with Gasteiger partial charge in [-0.1, -0.05) is 12.2 Å². The van der Waals surface area contributed by atoms with Crippen molar-refractivity contribution >= 4 is 23.3 Å². The van der Waals surface area contributed by atoms with Gasteiger partial charge < -0.3 is 29.6 Å². The number of aromatic amines is 1. The van der Waals surface area contributed by atoms with Gasteiger partial charge in [-0.15, -0.1) is 0 Å². The van der Waals surface area contributed by atoms with E-state index in [1.807, 2.05) is 0 Å². The fraction of sp³-hybridized carbons (Fsp3) is 0.455. The molecule has 0 amide bonds. The van der Waals surface area contributed by atoms with Crippen LogP contribution in [0.1, 0.15) is 6.23 Å². The minimum absolute atomic E-state index is 0.356. The van der Waals surface area contributed by atoms with Crippen LogP contribution in [0.2, 0.25) is 0 Å². The second-order valence-corrected chi connectivity index (χ2v) is 4.81. The molecule has 0 aromatic carbocycles. The van der Waals surface area contributed by atoms with E-state index in [-0.39, 0.29) is 6.61 Å². The van der Waals surface area contributed by atoms with E-state index in [4.69, 9.17) is 22.1 Å². The van der Waals surface area contributed by atoms with E-state index in [9.17, 15) is 10.2 Å². The van der Waals surface area contributed by atoms with Crippen LogP contribution in [0.4, 0.5) is 0 Å². The first-order valence-corrected chi connectivity index (χ1v) is 6.21. The average Bonchev–Trinajstić information content (AvgIpc) is 2.94. The Morgan fingerprint density at radius 3 is 2.89 bits per heavy atom. The molecule has 1 saturated heterocycles. The van der Waals surface area contributed by atoms with Crippen molar-refractivity contribution in [3.63, 3.8) is 0 Å². The summed E-state index contributed by atoms with van der Waals surface area (Å²) in [4.78, 5) is 6.90. The number of rotatable bonds is 2. The molecule has 0 radical (unpaired) electrons. The van der Waals surface area contributed by atoms with E-state index in [0.717, 1.165) is 5.39 Å². The van der Waals surface area contributed by atoms with Crippen LogP contribution in [0.15, 0.2) is 18.6 Å². The van der Waals surface area contributed by atoms with E-state index in [2.05, 4.69) is 9.97 Å². The molecule has 4 N–H and O–H groups in total. The predicted octanol–water partition coefficient (Wildman–Crippen LogP) is -0.295. The summed E-state index contributed by atoms with van der Waals surface area (Å²) in [6.07, 6.45) is -0.679. The second-order valence-electron chi connectivity index (χ2n) is 4.42. The zero-order chi connectivity index (χ0) is 13.6. The largest absolute Gasteiger partial charge is 0.394 e. The number of aromatic nitrogens is 3. The van der Waals surface area contributed by atoms with Gasteiger partial charge in [0.05, 0.1) is 18.3 Å². The maximum absolute atomic E-state index is 10.00. The highest BCUT2D eigenvalue weighted by Gasteiger charge is 2.43. The van der Waals surface area contributed by atoms with Crippen molar-refractivity contribution in [3.05, 3.63) is 23.2 Å². The van der Waals surface area contributed by atoms with Gasteiger partial charge in [0.1, 0.15) is 28.6 Å². The summed E-state index contributed by atoms with van der Waals surface area (Å²) in [6, 6.07) is 1.76. The lowest BCUT2D eigenvalue weighted by molar-refractivity contribution is -0.0508. The Morgan fingerprint density at radius 1 is 1.42 bits per heavy atom. The summed E-state index contributed by atoms with van der Waals surface area (Å²) < 4.78 is 7.55. The highest BCUT2D eigenvalue weighted by Crippen LogP contribution is 2.31. The lowest BCUT2D eigenvalue weighted by atomic mass is 10.1. The zero-order valence-electron chi connectivity index (χ0n) is 9.80. The normalized spacial score (nSPS) is 31.1. The van der Waals surface area contributed by atoms with E-state index in [1.54, 1.807) is 16.8 Å². The van der Waals surface area contributed by atoms with Crippen LogP contribution in [0.25, 0.3) is 11.0 Å². The minimum atomic E-state index is -1.13. The third-order valence-electron chi connectivity index (χ3n) is 3.32. The molecule has 4 atom stereocenters. The van der Waals surface area contributed by atoms with Crippen molar-refractivity contribution in [3.8, 4) is 0 Å². The molecular formula is C11H13N3O4S. The highest BCUT2D eigenvalue weighted by molar-refractivity contribution is 7.71. The Bertz CT molecular complexity index is 655. The fourth-order valence-electron chi connectivity index (χ4n) is 2.32. The molecule has 0 saturated carbocycles. The first kappa shape index (κ1) is 12.7. The molecule has 102 valence electrons. The number of nitrogens with zero attached hydrogens (tertiary/aromatic N) is 2. The van der Waals surface area contributed by atoms with Crippen LogP contribution < -0.4 is 0 Å². The Balaban J connectivity index is 2.06. The molecule has 7 nitrogen and oxygen atoms in total. The fourth-order valence-corrected chi connectivity index (χ4v) is 2.53. The van der Waals surface area contributed by atoms with E-state index in [1.165, 1.54) is 6.33 Å². The van der Waals surface area contributed by atoms with Gasteiger partial charge in [0.15, 0.2) is 6.23 Å². The smallest absolute Gasteiger partial charge is 0.164 e. The number of fused-ring (bicyclic) bond motifs is 1. The van der Waals surface area contributed by atoms with Gasteiger partial charge >= 0.3 is 0 Å². The van der Waals surface area contributed by atoms with Crippen LogP contribution in [0.5, 0.6) is 0 Å². The SMILES string of the molecule is OC[C@@H]1O[C@@H](n2ccc3c(=S)nc[nH]c32)[C@@H](O)[C@@H]1O. The van der Waals surface area contributed by atoms with Crippen molar-refractivity contribution < 1.29 is 20.1 Å². The highest BCUT2D eigenvalue weighted by atomic mass is 32.1. The number of hydrogen-bond acceptors (Lipinski definition) is 6. The molecule has 0 bridgehead atoms. The lowest BCUT2D eigenvalue weighted by Gasteiger charge is -2.17.